The quantitative estimate of drug-likeness (QED) is 0.801. The van der Waals surface area contributed by atoms with Crippen LogP contribution >= 0.6 is 0 Å². The zero-order chi connectivity index (χ0) is 14.8. The highest BCUT2D eigenvalue weighted by atomic mass is 16.4. The molecule has 0 radical (unpaired) electrons. The molecule has 5 heteroatoms. The third kappa shape index (κ3) is 1.93. The Balaban J connectivity index is 1.55. The predicted octanol–water partition coefficient (Wildman–Crippen LogP) is 1.22. The van der Waals surface area contributed by atoms with Crippen LogP contribution in [0.2, 0.25) is 0 Å². The molecule has 5 aliphatic rings. The summed E-state index contributed by atoms with van der Waals surface area (Å²) in [6.45, 7) is 0.687. The van der Waals surface area contributed by atoms with Crippen molar-refractivity contribution in [1.82, 2.24) is 4.90 Å². The van der Waals surface area contributed by atoms with Crippen molar-refractivity contribution < 1.29 is 14.7 Å². The normalized spacial score (nSPS) is 47.9. The van der Waals surface area contributed by atoms with E-state index >= 15 is 0 Å². The van der Waals surface area contributed by atoms with Gasteiger partial charge in [-0.3, -0.25) is 9.59 Å². The summed E-state index contributed by atoms with van der Waals surface area (Å²) < 4.78 is 0. The zero-order valence-corrected chi connectivity index (χ0v) is 12.4. The largest absolute Gasteiger partial charge is 0.480 e. The number of carbonyl (C=O) groups is 2. The summed E-state index contributed by atoms with van der Waals surface area (Å²) in [4.78, 5) is 26.1. The second-order valence-electron chi connectivity index (χ2n) is 8.14. The molecule has 116 valence electrons. The van der Waals surface area contributed by atoms with E-state index in [-0.39, 0.29) is 17.9 Å². The van der Waals surface area contributed by atoms with Crippen LogP contribution in [0.15, 0.2) is 0 Å². The molecule has 5 nitrogen and oxygen atoms in total. The topological polar surface area (TPSA) is 83.6 Å². The number of carboxylic acids is 1. The van der Waals surface area contributed by atoms with E-state index in [2.05, 4.69) is 0 Å². The van der Waals surface area contributed by atoms with Gasteiger partial charge >= 0.3 is 5.97 Å². The van der Waals surface area contributed by atoms with Crippen LogP contribution in [0.25, 0.3) is 0 Å². The lowest BCUT2D eigenvalue weighted by Gasteiger charge is -2.56. The van der Waals surface area contributed by atoms with Crippen LogP contribution in [0.5, 0.6) is 0 Å². The van der Waals surface area contributed by atoms with Crippen molar-refractivity contribution >= 4 is 11.9 Å². The summed E-state index contributed by atoms with van der Waals surface area (Å²) in [6, 6.07) is 0. The van der Waals surface area contributed by atoms with E-state index in [1.165, 1.54) is 19.3 Å². The highest BCUT2D eigenvalue weighted by molar-refractivity contribution is 5.86. The van der Waals surface area contributed by atoms with Crippen molar-refractivity contribution in [2.45, 2.75) is 50.5 Å². The maximum absolute atomic E-state index is 13.1. The van der Waals surface area contributed by atoms with Gasteiger partial charge in [-0.1, -0.05) is 0 Å². The third-order valence-corrected chi connectivity index (χ3v) is 6.51. The molecule has 0 spiro atoms. The van der Waals surface area contributed by atoms with Crippen molar-refractivity contribution in [1.29, 1.82) is 0 Å². The molecule has 1 amide bonds. The lowest BCUT2D eigenvalue weighted by Crippen LogP contribution is -2.56. The molecule has 0 aromatic carbocycles. The Bertz CT molecular complexity index is 468. The lowest BCUT2D eigenvalue weighted by atomic mass is 9.49. The molecule has 1 unspecified atom stereocenters. The monoisotopic (exact) mass is 292 g/mol. The van der Waals surface area contributed by atoms with Gasteiger partial charge in [0.25, 0.3) is 0 Å². The molecular formula is C16H24N2O3. The lowest BCUT2D eigenvalue weighted by molar-refractivity contribution is -0.157. The summed E-state index contributed by atoms with van der Waals surface area (Å²) in [7, 11) is 0. The molecule has 1 heterocycles. The number of carboxylic acid groups (broad SMARTS) is 1. The van der Waals surface area contributed by atoms with Gasteiger partial charge in [-0.25, -0.2) is 0 Å². The minimum absolute atomic E-state index is 0.182. The fourth-order valence-electron chi connectivity index (χ4n) is 5.89. The van der Waals surface area contributed by atoms with Gasteiger partial charge in [0.05, 0.1) is 5.41 Å². The van der Waals surface area contributed by atoms with Gasteiger partial charge < -0.3 is 15.7 Å². The van der Waals surface area contributed by atoms with Crippen LogP contribution in [0.3, 0.4) is 0 Å². The Labute approximate surface area is 124 Å². The average molecular weight is 292 g/mol. The van der Waals surface area contributed by atoms with Crippen LogP contribution in [0.4, 0.5) is 0 Å². The van der Waals surface area contributed by atoms with E-state index in [1.54, 1.807) is 4.90 Å². The number of amides is 1. The van der Waals surface area contributed by atoms with E-state index in [9.17, 15) is 14.7 Å². The number of likely N-dealkylation sites (tertiary alicyclic amines) is 1. The first-order chi connectivity index (χ1) is 9.90. The second-order valence-corrected chi connectivity index (χ2v) is 8.14. The van der Waals surface area contributed by atoms with Crippen molar-refractivity contribution in [3.63, 3.8) is 0 Å². The molecule has 3 N–H and O–H groups in total. The zero-order valence-electron chi connectivity index (χ0n) is 12.4. The maximum atomic E-state index is 13.1. The van der Waals surface area contributed by atoms with Gasteiger partial charge in [0.15, 0.2) is 0 Å². The predicted molar refractivity (Wildman–Crippen MR) is 76.4 cm³/mol. The second kappa shape index (κ2) is 4.22. The van der Waals surface area contributed by atoms with E-state index in [1.807, 2.05) is 0 Å². The standard InChI is InChI=1S/C16H24N2O3/c17-16(14(20)21)1-2-18(9-16)13(19)15-6-10-3-11(7-15)5-12(4-10)8-15/h10-12H,1-9,17H2,(H,20,21). The van der Waals surface area contributed by atoms with E-state index in [4.69, 9.17) is 5.73 Å². The molecule has 0 aromatic heterocycles. The Kier molecular flexibility index (Phi) is 2.72. The van der Waals surface area contributed by atoms with Gasteiger partial charge in [-0.05, 0) is 62.7 Å². The molecule has 4 aliphatic carbocycles. The van der Waals surface area contributed by atoms with Gasteiger partial charge in [0.1, 0.15) is 5.54 Å². The molecule has 5 fully saturated rings. The first-order valence-electron chi connectivity index (χ1n) is 8.22. The molecule has 1 atom stereocenters. The van der Waals surface area contributed by atoms with Crippen LogP contribution in [-0.4, -0.2) is 40.5 Å². The molecular weight excluding hydrogens is 268 g/mol. The Morgan fingerprint density at radius 1 is 1.05 bits per heavy atom. The highest BCUT2D eigenvalue weighted by Gasteiger charge is 2.57. The third-order valence-electron chi connectivity index (χ3n) is 6.51. The number of carbonyl (C=O) groups excluding carboxylic acids is 1. The first kappa shape index (κ1) is 13.6. The molecule has 1 saturated heterocycles. The molecule has 21 heavy (non-hydrogen) atoms. The minimum atomic E-state index is -1.24. The molecule has 4 saturated carbocycles. The number of hydrogen-bond donors (Lipinski definition) is 2. The summed E-state index contributed by atoms with van der Waals surface area (Å²) >= 11 is 0. The Morgan fingerprint density at radius 3 is 2.00 bits per heavy atom. The summed E-state index contributed by atoms with van der Waals surface area (Å²) in [5, 5.41) is 9.24. The van der Waals surface area contributed by atoms with E-state index < -0.39 is 11.5 Å². The van der Waals surface area contributed by atoms with Crippen molar-refractivity contribution in [2.24, 2.45) is 28.9 Å². The van der Waals surface area contributed by atoms with Crippen LogP contribution in [0.1, 0.15) is 44.9 Å². The molecule has 0 aromatic rings. The van der Waals surface area contributed by atoms with Gasteiger partial charge in [0.2, 0.25) is 5.91 Å². The molecule has 1 aliphatic heterocycles. The highest BCUT2D eigenvalue weighted by Crippen LogP contribution is 2.60. The molecule has 4 bridgehead atoms. The van der Waals surface area contributed by atoms with Crippen molar-refractivity contribution in [3.05, 3.63) is 0 Å². The Hall–Kier alpha value is -1.10. The Morgan fingerprint density at radius 2 is 1.57 bits per heavy atom. The fourth-order valence-corrected chi connectivity index (χ4v) is 5.89. The van der Waals surface area contributed by atoms with E-state index in [0.29, 0.717) is 13.0 Å². The maximum Gasteiger partial charge on any atom is 0.325 e. The summed E-state index contributed by atoms with van der Waals surface area (Å²) in [6.07, 6.45) is 7.38. The van der Waals surface area contributed by atoms with Gasteiger partial charge in [-0.15, -0.1) is 0 Å². The van der Waals surface area contributed by atoms with Gasteiger partial charge in [0, 0.05) is 13.1 Å². The number of aliphatic carboxylic acids is 1. The summed E-state index contributed by atoms with van der Waals surface area (Å²) in [5.41, 5.74) is 4.51. The first-order valence-corrected chi connectivity index (χ1v) is 8.22. The van der Waals surface area contributed by atoms with Crippen molar-refractivity contribution in [2.75, 3.05) is 13.1 Å². The number of nitrogens with zero attached hydrogens (tertiary/aromatic N) is 1. The smallest absolute Gasteiger partial charge is 0.325 e. The van der Waals surface area contributed by atoms with E-state index in [0.717, 1.165) is 37.0 Å². The SMILES string of the molecule is NC1(C(=O)O)CCN(C(=O)C23CC4CC(CC(C4)C2)C3)C1. The average Bonchev–Trinajstić information content (AvgIpc) is 2.80. The summed E-state index contributed by atoms with van der Waals surface area (Å²) in [5.74, 6) is 1.40. The van der Waals surface area contributed by atoms with Gasteiger partial charge in [-0.2, -0.15) is 0 Å². The van der Waals surface area contributed by atoms with Crippen LogP contribution < -0.4 is 5.73 Å². The number of nitrogens with two attached hydrogens (primary N) is 1. The van der Waals surface area contributed by atoms with Crippen molar-refractivity contribution in [3.8, 4) is 0 Å². The fraction of sp³-hybridized carbons (Fsp3) is 0.875. The van der Waals surface area contributed by atoms with Crippen LogP contribution in [-0.2, 0) is 9.59 Å². The van der Waals surface area contributed by atoms with Crippen LogP contribution in [0, 0.1) is 23.2 Å². The number of rotatable bonds is 2. The minimum Gasteiger partial charge on any atom is -0.480 e. The molecule has 5 rings (SSSR count). The number of hydrogen-bond acceptors (Lipinski definition) is 3.